The SMILES string of the molecule is Cc1cccc(Cc2csc(N3CCC(S(=O)(=O)c4cc(Cl)ccc4Cl)CC3)n2)c1C. The number of piperidine rings is 1. The molecule has 3 aromatic rings. The van der Waals surface area contributed by atoms with Gasteiger partial charge in [-0.05, 0) is 61.6 Å². The number of sulfone groups is 1. The molecule has 8 heteroatoms. The van der Waals surface area contributed by atoms with Crippen molar-refractivity contribution < 1.29 is 8.42 Å². The van der Waals surface area contributed by atoms with Crippen molar-refractivity contribution in [2.45, 2.75) is 43.3 Å². The van der Waals surface area contributed by atoms with Crippen LogP contribution >= 0.6 is 34.5 Å². The molecule has 0 spiro atoms. The van der Waals surface area contributed by atoms with Gasteiger partial charge in [0.05, 0.1) is 20.9 Å². The number of benzene rings is 2. The number of thiazole rings is 1. The quantitative estimate of drug-likeness (QED) is 0.429. The minimum atomic E-state index is -3.53. The zero-order valence-corrected chi connectivity index (χ0v) is 20.6. The Bertz CT molecular complexity index is 1200. The Morgan fingerprint density at radius 1 is 1.13 bits per heavy atom. The molecule has 0 atom stereocenters. The Hall–Kier alpha value is -1.60. The molecule has 0 aliphatic carbocycles. The van der Waals surface area contributed by atoms with Crippen LogP contribution in [0.2, 0.25) is 10.0 Å². The van der Waals surface area contributed by atoms with Gasteiger partial charge in [-0.1, -0.05) is 41.4 Å². The third-order valence-corrected chi connectivity index (χ3v) is 9.91. The first-order valence-electron chi connectivity index (χ1n) is 10.2. The lowest BCUT2D eigenvalue weighted by Gasteiger charge is -2.31. The van der Waals surface area contributed by atoms with Crippen molar-refractivity contribution >= 4 is 49.5 Å². The van der Waals surface area contributed by atoms with Crippen molar-refractivity contribution in [2.24, 2.45) is 0 Å². The lowest BCUT2D eigenvalue weighted by molar-refractivity contribution is 0.529. The molecule has 1 fully saturated rings. The van der Waals surface area contributed by atoms with Gasteiger partial charge in [0.15, 0.2) is 15.0 Å². The predicted molar refractivity (Wildman–Crippen MR) is 130 cm³/mol. The van der Waals surface area contributed by atoms with Crippen LogP contribution in [0.5, 0.6) is 0 Å². The summed E-state index contributed by atoms with van der Waals surface area (Å²) in [5, 5.41) is 3.19. The molecule has 1 aliphatic heterocycles. The molecule has 0 radical (unpaired) electrons. The van der Waals surface area contributed by atoms with Crippen LogP contribution in [-0.4, -0.2) is 31.7 Å². The summed E-state index contributed by atoms with van der Waals surface area (Å²) < 4.78 is 26.2. The van der Waals surface area contributed by atoms with E-state index in [-0.39, 0.29) is 9.92 Å². The van der Waals surface area contributed by atoms with E-state index in [1.165, 1.54) is 22.8 Å². The van der Waals surface area contributed by atoms with Crippen molar-refractivity contribution in [1.82, 2.24) is 4.98 Å². The molecular formula is C23H24Cl2N2O2S2. The van der Waals surface area contributed by atoms with Gasteiger partial charge in [-0.2, -0.15) is 0 Å². The summed E-state index contributed by atoms with van der Waals surface area (Å²) in [4.78, 5) is 7.14. The average molecular weight is 495 g/mol. The zero-order chi connectivity index (χ0) is 22.2. The third-order valence-electron chi connectivity index (χ3n) is 5.98. The van der Waals surface area contributed by atoms with E-state index in [1.54, 1.807) is 23.5 Å². The van der Waals surface area contributed by atoms with E-state index >= 15 is 0 Å². The molecule has 0 amide bonds. The van der Waals surface area contributed by atoms with Crippen molar-refractivity contribution in [3.63, 3.8) is 0 Å². The number of halogens is 2. The topological polar surface area (TPSA) is 50.3 Å². The maximum absolute atomic E-state index is 13.1. The summed E-state index contributed by atoms with van der Waals surface area (Å²) in [5.41, 5.74) is 4.94. The molecule has 164 valence electrons. The number of aromatic nitrogens is 1. The number of aryl methyl sites for hydroxylation is 1. The van der Waals surface area contributed by atoms with Crippen molar-refractivity contribution in [3.8, 4) is 0 Å². The van der Waals surface area contributed by atoms with Crippen LogP contribution < -0.4 is 4.90 Å². The van der Waals surface area contributed by atoms with Crippen LogP contribution in [0.3, 0.4) is 0 Å². The lowest BCUT2D eigenvalue weighted by atomic mass is 10.0. The number of rotatable bonds is 5. The number of hydrogen-bond acceptors (Lipinski definition) is 5. The van der Waals surface area contributed by atoms with Gasteiger partial charge in [0.2, 0.25) is 0 Å². The van der Waals surface area contributed by atoms with Crippen LogP contribution in [0.1, 0.15) is 35.2 Å². The van der Waals surface area contributed by atoms with Crippen molar-refractivity contribution in [2.75, 3.05) is 18.0 Å². The fourth-order valence-electron chi connectivity index (χ4n) is 3.95. The number of nitrogens with zero attached hydrogens (tertiary/aromatic N) is 2. The zero-order valence-electron chi connectivity index (χ0n) is 17.4. The fourth-order valence-corrected chi connectivity index (χ4v) is 7.33. The first-order chi connectivity index (χ1) is 14.8. The Labute approximate surface area is 197 Å². The number of hydrogen-bond donors (Lipinski definition) is 0. The standard InChI is InChI=1S/C23H24Cl2N2O2S2/c1-15-4-3-5-17(16(15)2)12-19-14-30-23(26-19)27-10-8-20(9-11-27)31(28,29)22-13-18(24)6-7-21(22)25/h3-7,13-14,20H,8-12H2,1-2H3. The molecule has 4 rings (SSSR count). The lowest BCUT2D eigenvalue weighted by Crippen LogP contribution is -2.39. The minimum Gasteiger partial charge on any atom is -0.348 e. The Morgan fingerprint density at radius 3 is 2.61 bits per heavy atom. The van der Waals surface area contributed by atoms with Crippen LogP contribution in [0, 0.1) is 13.8 Å². The van der Waals surface area contributed by atoms with Gasteiger partial charge in [0.1, 0.15) is 0 Å². The fraction of sp³-hybridized carbons (Fsp3) is 0.348. The van der Waals surface area contributed by atoms with Gasteiger partial charge in [0.25, 0.3) is 0 Å². The van der Waals surface area contributed by atoms with E-state index in [4.69, 9.17) is 28.2 Å². The van der Waals surface area contributed by atoms with E-state index in [9.17, 15) is 8.42 Å². The molecule has 2 aromatic carbocycles. The highest BCUT2D eigenvalue weighted by Gasteiger charge is 2.33. The van der Waals surface area contributed by atoms with E-state index in [1.807, 2.05) is 0 Å². The van der Waals surface area contributed by atoms with E-state index in [2.05, 4.69) is 42.3 Å². The summed E-state index contributed by atoms with van der Waals surface area (Å²) in [7, 11) is -3.53. The second kappa shape index (κ2) is 9.10. The first-order valence-corrected chi connectivity index (χ1v) is 13.4. The van der Waals surface area contributed by atoms with Crippen molar-refractivity contribution in [3.05, 3.63) is 74.2 Å². The Balaban J connectivity index is 1.44. The van der Waals surface area contributed by atoms with Gasteiger partial charge in [0, 0.05) is 29.9 Å². The van der Waals surface area contributed by atoms with Gasteiger partial charge in [-0.3, -0.25) is 0 Å². The molecule has 0 bridgehead atoms. The Morgan fingerprint density at radius 2 is 1.87 bits per heavy atom. The highest BCUT2D eigenvalue weighted by Crippen LogP contribution is 2.33. The summed E-state index contributed by atoms with van der Waals surface area (Å²) in [6.45, 7) is 5.58. The predicted octanol–water partition coefficient (Wildman–Crippen LogP) is 6.10. The van der Waals surface area contributed by atoms with Crippen LogP contribution in [0.15, 0.2) is 46.7 Å². The van der Waals surface area contributed by atoms with Gasteiger partial charge >= 0.3 is 0 Å². The van der Waals surface area contributed by atoms with E-state index in [0.29, 0.717) is 31.0 Å². The van der Waals surface area contributed by atoms with Gasteiger partial charge < -0.3 is 4.90 Å². The summed E-state index contributed by atoms with van der Waals surface area (Å²) in [5.74, 6) is 0. The molecule has 0 N–H and O–H groups in total. The second-order valence-corrected chi connectivity index (χ2v) is 11.8. The monoisotopic (exact) mass is 494 g/mol. The van der Waals surface area contributed by atoms with Crippen LogP contribution in [0.4, 0.5) is 5.13 Å². The smallest absolute Gasteiger partial charge is 0.185 e. The molecule has 0 unspecified atom stereocenters. The minimum absolute atomic E-state index is 0.130. The first kappa shape index (κ1) is 22.6. The molecule has 0 saturated carbocycles. The molecule has 1 aliphatic rings. The second-order valence-electron chi connectivity index (χ2n) is 7.96. The van der Waals surface area contributed by atoms with Crippen LogP contribution in [-0.2, 0) is 16.3 Å². The molecule has 31 heavy (non-hydrogen) atoms. The molecular weight excluding hydrogens is 471 g/mol. The van der Waals surface area contributed by atoms with Gasteiger partial charge in [-0.15, -0.1) is 11.3 Å². The maximum Gasteiger partial charge on any atom is 0.185 e. The molecule has 2 heterocycles. The number of anilines is 1. The molecule has 4 nitrogen and oxygen atoms in total. The third kappa shape index (κ3) is 4.77. The van der Waals surface area contributed by atoms with Gasteiger partial charge in [-0.25, -0.2) is 13.4 Å². The molecule has 1 saturated heterocycles. The van der Waals surface area contributed by atoms with E-state index in [0.717, 1.165) is 17.2 Å². The highest BCUT2D eigenvalue weighted by atomic mass is 35.5. The highest BCUT2D eigenvalue weighted by molar-refractivity contribution is 7.92. The van der Waals surface area contributed by atoms with Crippen LogP contribution in [0.25, 0.3) is 0 Å². The maximum atomic E-state index is 13.1. The largest absolute Gasteiger partial charge is 0.348 e. The van der Waals surface area contributed by atoms with E-state index < -0.39 is 15.1 Å². The summed E-state index contributed by atoms with van der Waals surface area (Å²) in [6, 6.07) is 11.0. The van der Waals surface area contributed by atoms with Crippen molar-refractivity contribution in [1.29, 1.82) is 0 Å². The summed E-state index contributed by atoms with van der Waals surface area (Å²) in [6.07, 6.45) is 1.89. The summed E-state index contributed by atoms with van der Waals surface area (Å²) >= 11 is 13.8. The average Bonchev–Trinajstić information content (AvgIpc) is 3.22. The Kier molecular flexibility index (Phi) is 6.63. The molecule has 1 aromatic heterocycles. The normalized spacial score (nSPS) is 15.4.